The minimum Gasteiger partial charge on any atom is -0.490 e. The van der Waals surface area contributed by atoms with E-state index in [4.69, 9.17) is 9.15 Å². The van der Waals surface area contributed by atoms with E-state index in [1.165, 1.54) is 12.1 Å². The fraction of sp³-hybridized carbons (Fsp3) is 0.312. The van der Waals surface area contributed by atoms with Crippen molar-refractivity contribution in [2.24, 2.45) is 0 Å². The molecule has 4 heteroatoms. The van der Waals surface area contributed by atoms with Gasteiger partial charge < -0.3 is 9.15 Å². The van der Waals surface area contributed by atoms with E-state index in [1.807, 2.05) is 0 Å². The standard InChI is InChI=1S/C16H15FO3/c17-13-6-3-7-14(19-11-4-1-2-5-11)16(13)15-9-8-12(10-18)20-15/h3,6-11H,1-2,4-5H2. The molecule has 0 amide bonds. The van der Waals surface area contributed by atoms with Crippen molar-refractivity contribution in [3.63, 3.8) is 0 Å². The fourth-order valence-electron chi connectivity index (χ4n) is 2.58. The number of aldehydes is 1. The van der Waals surface area contributed by atoms with Gasteiger partial charge in [0.25, 0.3) is 0 Å². The number of halogens is 1. The molecule has 1 aromatic carbocycles. The Balaban J connectivity index is 1.97. The molecule has 2 aromatic rings. The summed E-state index contributed by atoms with van der Waals surface area (Å²) in [5.41, 5.74) is 0.285. The molecule has 1 fully saturated rings. The van der Waals surface area contributed by atoms with E-state index in [2.05, 4.69) is 0 Å². The van der Waals surface area contributed by atoms with Gasteiger partial charge >= 0.3 is 0 Å². The van der Waals surface area contributed by atoms with Gasteiger partial charge in [-0.25, -0.2) is 4.39 Å². The summed E-state index contributed by atoms with van der Waals surface area (Å²) >= 11 is 0. The zero-order chi connectivity index (χ0) is 13.9. The minimum absolute atomic E-state index is 0.135. The highest BCUT2D eigenvalue weighted by Crippen LogP contribution is 2.36. The quantitative estimate of drug-likeness (QED) is 0.784. The van der Waals surface area contributed by atoms with Gasteiger partial charge in [-0.3, -0.25) is 4.79 Å². The molecule has 3 nitrogen and oxygen atoms in total. The molecule has 1 aliphatic rings. The molecule has 1 aromatic heterocycles. The monoisotopic (exact) mass is 274 g/mol. The Morgan fingerprint density at radius 3 is 2.70 bits per heavy atom. The molecule has 0 spiro atoms. The molecule has 0 bridgehead atoms. The first-order valence-electron chi connectivity index (χ1n) is 6.78. The average molecular weight is 274 g/mol. The molecule has 1 saturated carbocycles. The van der Waals surface area contributed by atoms with Crippen molar-refractivity contribution < 1.29 is 18.3 Å². The van der Waals surface area contributed by atoms with Gasteiger partial charge in [-0.15, -0.1) is 0 Å². The lowest BCUT2D eigenvalue weighted by atomic mass is 10.1. The first-order chi connectivity index (χ1) is 9.78. The fourth-order valence-corrected chi connectivity index (χ4v) is 2.58. The Hall–Kier alpha value is -2.10. The third kappa shape index (κ3) is 2.46. The molecule has 1 aliphatic carbocycles. The zero-order valence-electron chi connectivity index (χ0n) is 11.0. The Morgan fingerprint density at radius 1 is 1.20 bits per heavy atom. The summed E-state index contributed by atoms with van der Waals surface area (Å²) < 4.78 is 25.3. The van der Waals surface area contributed by atoms with Crippen LogP contribution in [0.1, 0.15) is 36.2 Å². The third-order valence-corrected chi connectivity index (χ3v) is 3.56. The minimum atomic E-state index is -0.410. The number of hydrogen-bond donors (Lipinski definition) is 0. The largest absolute Gasteiger partial charge is 0.490 e. The second-order valence-corrected chi connectivity index (χ2v) is 4.96. The van der Waals surface area contributed by atoms with Crippen molar-refractivity contribution in [3.8, 4) is 17.1 Å². The Bertz CT molecular complexity index is 612. The second kappa shape index (κ2) is 5.49. The van der Waals surface area contributed by atoms with Crippen LogP contribution in [0.15, 0.2) is 34.7 Å². The lowest BCUT2D eigenvalue weighted by Crippen LogP contribution is -2.11. The highest BCUT2D eigenvalue weighted by Gasteiger charge is 2.21. The van der Waals surface area contributed by atoms with E-state index in [0.717, 1.165) is 25.7 Å². The molecule has 3 rings (SSSR count). The molecular weight excluding hydrogens is 259 g/mol. The Labute approximate surface area is 116 Å². The Kier molecular flexibility index (Phi) is 3.54. The van der Waals surface area contributed by atoms with Crippen LogP contribution in [-0.2, 0) is 0 Å². The molecule has 0 radical (unpaired) electrons. The number of hydrogen-bond acceptors (Lipinski definition) is 3. The van der Waals surface area contributed by atoms with Gasteiger partial charge in [0, 0.05) is 0 Å². The summed E-state index contributed by atoms with van der Waals surface area (Å²) in [7, 11) is 0. The summed E-state index contributed by atoms with van der Waals surface area (Å²) in [6.45, 7) is 0. The van der Waals surface area contributed by atoms with Crippen LogP contribution in [0.2, 0.25) is 0 Å². The van der Waals surface area contributed by atoms with Crippen molar-refractivity contribution in [2.45, 2.75) is 31.8 Å². The number of carbonyl (C=O) groups excluding carboxylic acids is 1. The van der Waals surface area contributed by atoms with Crippen molar-refractivity contribution in [2.75, 3.05) is 0 Å². The molecular formula is C16H15FO3. The maximum atomic E-state index is 14.1. The second-order valence-electron chi connectivity index (χ2n) is 4.96. The molecule has 104 valence electrons. The van der Waals surface area contributed by atoms with Crippen LogP contribution in [0.3, 0.4) is 0 Å². The van der Waals surface area contributed by atoms with Crippen LogP contribution < -0.4 is 4.74 Å². The van der Waals surface area contributed by atoms with Crippen molar-refractivity contribution >= 4 is 6.29 Å². The zero-order valence-corrected chi connectivity index (χ0v) is 11.0. The number of ether oxygens (including phenoxy) is 1. The lowest BCUT2D eigenvalue weighted by Gasteiger charge is -2.16. The summed E-state index contributed by atoms with van der Waals surface area (Å²) in [5, 5.41) is 0. The summed E-state index contributed by atoms with van der Waals surface area (Å²) in [6, 6.07) is 7.82. The van der Waals surface area contributed by atoms with Gasteiger partial charge in [0.15, 0.2) is 12.0 Å². The number of carbonyl (C=O) groups is 1. The van der Waals surface area contributed by atoms with Crippen LogP contribution in [0, 0.1) is 5.82 Å². The van der Waals surface area contributed by atoms with Crippen LogP contribution >= 0.6 is 0 Å². The van der Waals surface area contributed by atoms with E-state index >= 15 is 0 Å². The smallest absolute Gasteiger partial charge is 0.185 e. The van der Waals surface area contributed by atoms with Gasteiger partial charge in [0.2, 0.25) is 0 Å². The van der Waals surface area contributed by atoms with E-state index in [1.54, 1.807) is 18.2 Å². The van der Waals surface area contributed by atoms with Crippen LogP contribution in [0.4, 0.5) is 4.39 Å². The van der Waals surface area contributed by atoms with Gasteiger partial charge in [-0.05, 0) is 49.9 Å². The average Bonchev–Trinajstić information content (AvgIpc) is 3.10. The van der Waals surface area contributed by atoms with Gasteiger partial charge in [-0.2, -0.15) is 0 Å². The first kappa shape index (κ1) is 12.9. The van der Waals surface area contributed by atoms with E-state index in [9.17, 15) is 9.18 Å². The van der Waals surface area contributed by atoms with Crippen molar-refractivity contribution in [3.05, 3.63) is 41.9 Å². The number of benzene rings is 1. The summed E-state index contributed by atoms with van der Waals surface area (Å²) in [5.74, 6) is 0.560. The van der Waals surface area contributed by atoms with E-state index in [0.29, 0.717) is 17.8 Å². The van der Waals surface area contributed by atoms with E-state index in [-0.39, 0.29) is 17.4 Å². The molecule has 20 heavy (non-hydrogen) atoms. The predicted molar refractivity (Wildman–Crippen MR) is 72.4 cm³/mol. The number of rotatable bonds is 4. The SMILES string of the molecule is O=Cc1ccc(-c2c(F)cccc2OC2CCCC2)o1. The van der Waals surface area contributed by atoms with Gasteiger partial charge in [-0.1, -0.05) is 6.07 Å². The molecule has 0 saturated heterocycles. The lowest BCUT2D eigenvalue weighted by molar-refractivity contribution is 0.110. The van der Waals surface area contributed by atoms with Gasteiger partial charge in [0.1, 0.15) is 17.3 Å². The topological polar surface area (TPSA) is 39.4 Å². The van der Waals surface area contributed by atoms with Crippen LogP contribution in [0.25, 0.3) is 11.3 Å². The van der Waals surface area contributed by atoms with Crippen molar-refractivity contribution in [1.29, 1.82) is 0 Å². The molecule has 0 atom stereocenters. The third-order valence-electron chi connectivity index (χ3n) is 3.56. The van der Waals surface area contributed by atoms with Gasteiger partial charge in [0.05, 0.1) is 11.7 Å². The molecule has 0 unspecified atom stereocenters. The highest BCUT2D eigenvalue weighted by atomic mass is 19.1. The molecule has 0 aliphatic heterocycles. The maximum absolute atomic E-state index is 14.1. The first-order valence-corrected chi connectivity index (χ1v) is 6.78. The van der Waals surface area contributed by atoms with E-state index < -0.39 is 5.82 Å². The molecule has 0 N–H and O–H groups in total. The summed E-state index contributed by atoms with van der Waals surface area (Å²) in [6.07, 6.45) is 5.01. The molecule has 1 heterocycles. The summed E-state index contributed by atoms with van der Waals surface area (Å²) in [4.78, 5) is 10.7. The Morgan fingerprint density at radius 2 is 2.00 bits per heavy atom. The predicted octanol–water partition coefficient (Wildman–Crippen LogP) is 4.22. The number of furan rings is 1. The van der Waals surface area contributed by atoms with Crippen molar-refractivity contribution in [1.82, 2.24) is 0 Å². The normalized spacial score (nSPS) is 15.4. The maximum Gasteiger partial charge on any atom is 0.185 e. The highest BCUT2D eigenvalue weighted by molar-refractivity contribution is 5.74. The van der Waals surface area contributed by atoms with Crippen LogP contribution in [0.5, 0.6) is 5.75 Å². The van der Waals surface area contributed by atoms with Crippen LogP contribution in [-0.4, -0.2) is 12.4 Å².